The second-order valence-electron chi connectivity index (χ2n) is 4.92. The van der Waals surface area contributed by atoms with Gasteiger partial charge >= 0.3 is 0 Å². The Balaban J connectivity index is 2.23. The van der Waals surface area contributed by atoms with Gasteiger partial charge in [0.25, 0.3) is 0 Å². The third kappa shape index (κ3) is 3.59. The van der Waals surface area contributed by atoms with Crippen LogP contribution in [0, 0.1) is 5.82 Å². The Morgan fingerprint density at radius 2 is 1.75 bits per heavy atom. The number of hydrogen-bond donors (Lipinski definition) is 1. The molecule has 0 bridgehead atoms. The summed E-state index contributed by atoms with van der Waals surface area (Å²) in [5.74, 6) is -0.228. The Morgan fingerprint density at radius 3 is 2.35 bits per heavy atom. The minimum Gasteiger partial charge on any atom is -0.310 e. The van der Waals surface area contributed by atoms with Crippen molar-refractivity contribution in [1.82, 2.24) is 5.32 Å². The van der Waals surface area contributed by atoms with Gasteiger partial charge in [-0.2, -0.15) is 0 Å². The molecule has 2 aromatic carbocycles. The topological polar surface area (TPSA) is 12.0 Å². The first-order valence-corrected chi connectivity index (χ1v) is 7.28. The maximum Gasteiger partial charge on any atom is 0.123 e. The van der Waals surface area contributed by atoms with Crippen LogP contribution in [0.25, 0.3) is 11.1 Å². The fraction of sp³-hybridized carbons (Fsp3) is 0.294. The normalized spacial score (nSPS) is 12.4. The fourth-order valence-electron chi connectivity index (χ4n) is 2.17. The highest BCUT2D eigenvalue weighted by Crippen LogP contribution is 2.29. The Hall–Kier alpha value is -1.38. The van der Waals surface area contributed by atoms with E-state index < -0.39 is 0 Å². The number of halogens is 2. The lowest BCUT2D eigenvalue weighted by Crippen LogP contribution is -2.19. The quantitative estimate of drug-likeness (QED) is 0.797. The molecule has 1 unspecified atom stereocenters. The molecule has 0 radical (unpaired) electrons. The molecule has 2 aromatic rings. The number of rotatable bonds is 5. The van der Waals surface area contributed by atoms with Crippen LogP contribution in [0.5, 0.6) is 0 Å². The maximum atomic E-state index is 12.9. The molecule has 1 N–H and O–H groups in total. The van der Waals surface area contributed by atoms with Gasteiger partial charge in [-0.15, -0.1) is 0 Å². The van der Waals surface area contributed by atoms with Gasteiger partial charge in [0.05, 0.1) is 0 Å². The lowest BCUT2D eigenvalue weighted by Gasteiger charge is -2.16. The van der Waals surface area contributed by atoms with Crippen molar-refractivity contribution in [2.24, 2.45) is 0 Å². The van der Waals surface area contributed by atoms with Crippen LogP contribution in [-0.2, 0) is 0 Å². The van der Waals surface area contributed by atoms with Crippen molar-refractivity contribution in [2.45, 2.75) is 26.3 Å². The average Bonchev–Trinajstić information content (AvgIpc) is 2.45. The van der Waals surface area contributed by atoms with Crippen molar-refractivity contribution >= 4 is 11.6 Å². The van der Waals surface area contributed by atoms with Crippen LogP contribution < -0.4 is 5.32 Å². The van der Waals surface area contributed by atoms with Crippen LogP contribution in [-0.4, -0.2) is 6.54 Å². The van der Waals surface area contributed by atoms with Gasteiger partial charge < -0.3 is 5.32 Å². The van der Waals surface area contributed by atoms with Crippen LogP contribution in [0.15, 0.2) is 42.5 Å². The lowest BCUT2D eigenvalue weighted by molar-refractivity contribution is 0.571. The molecule has 1 atom stereocenters. The summed E-state index contributed by atoms with van der Waals surface area (Å²) in [6.07, 6.45) is 1.09. The Labute approximate surface area is 124 Å². The van der Waals surface area contributed by atoms with Crippen molar-refractivity contribution in [3.63, 3.8) is 0 Å². The van der Waals surface area contributed by atoms with Gasteiger partial charge in [-0.1, -0.05) is 42.8 Å². The Bertz CT molecular complexity index is 566. The average molecular weight is 292 g/mol. The van der Waals surface area contributed by atoms with Crippen molar-refractivity contribution in [3.05, 3.63) is 58.9 Å². The zero-order valence-electron chi connectivity index (χ0n) is 11.8. The van der Waals surface area contributed by atoms with Gasteiger partial charge in [0.2, 0.25) is 0 Å². The highest BCUT2D eigenvalue weighted by Gasteiger charge is 2.10. The maximum absolute atomic E-state index is 12.9. The molecule has 20 heavy (non-hydrogen) atoms. The third-order valence-corrected chi connectivity index (χ3v) is 3.67. The van der Waals surface area contributed by atoms with Crippen LogP contribution in [0.1, 0.15) is 31.9 Å². The molecule has 3 heteroatoms. The van der Waals surface area contributed by atoms with Gasteiger partial charge in [-0.05, 0) is 54.8 Å². The molecule has 0 amide bonds. The first kappa shape index (κ1) is 15.0. The van der Waals surface area contributed by atoms with Crippen LogP contribution in [0.2, 0.25) is 5.02 Å². The van der Waals surface area contributed by atoms with Gasteiger partial charge in [-0.3, -0.25) is 0 Å². The largest absolute Gasteiger partial charge is 0.310 e. The second-order valence-corrected chi connectivity index (χ2v) is 5.33. The van der Waals surface area contributed by atoms with E-state index in [9.17, 15) is 4.39 Å². The Kier molecular flexibility index (Phi) is 5.16. The molecule has 0 fully saturated rings. The molecule has 106 valence electrons. The van der Waals surface area contributed by atoms with E-state index in [0.29, 0.717) is 0 Å². The predicted molar refractivity (Wildman–Crippen MR) is 83.6 cm³/mol. The number of benzene rings is 2. The third-order valence-electron chi connectivity index (χ3n) is 3.35. The summed E-state index contributed by atoms with van der Waals surface area (Å²) < 4.78 is 12.9. The van der Waals surface area contributed by atoms with E-state index >= 15 is 0 Å². The number of nitrogens with one attached hydrogen (secondary N) is 1. The van der Waals surface area contributed by atoms with Crippen molar-refractivity contribution in [3.8, 4) is 11.1 Å². The van der Waals surface area contributed by atoms with Crippen LogP contribution >= 0.6 is 11.6 Å². The molecule has 0 aliphatic heterocycles. The zero-order chi connectivity index (χ0) is 14.5. The molecule has 0 aromatic heterocycles. The van der Waals surface area contributed by atoms with Crippen molar-refractivity contribution < 1.29 is 4.39 Å². The number of hydrogen-bond acceptors (Lipinski definition) is 1. The molecule has 0 saturated carbocycles. The van der Waals surface area contributed by atoms with E-state index in [1.54, 1.807) is 12.1 Å². The van der Waals surface area contributed by atoms with Gasteiger partial charge in [0.15, 0.2) is 0 Å². The van der Waals surface area contributed by atoms with E-state index in [2.05, 4.69) is 19.2 Å². The Morgan fingerprint density at radius 1 is 1.10 bits per heavy atom. The second kappa shape index (κ2) is 6.87. The summed E-state index contributed by atoms with van der Waals surface area (Å²) in [6.45, 7) is 5.21. The molecule has 1 nitrogen and oxygen atoms in total. The van der Waals surface area contributed by atoms with Crippen LogP contribution in [0.4, 0.5) is 4.39 Å². The van der Waals surface area contributed by atoms with Crippen molar-refractivity contribution in [1.29, 1.82) is 0 Å². The standard InChI is InChI=1S/C17H19ClFN/c1-3-10-20-12(2)16-9-6-14(11-17(16)18)13-4-7-15(19)8-5-13/h4-9,11-12,20H,3,10H2,1-2H3. The smallest absolute Gasteiger partial charge is 0.123 e. The molecule has 2 rings (SSSR count). The summed E-state index contributed by atoms with van der Waals surface area (Å²) in [7, 11) is 0. The van der Waals surface area contributed by atoms with Crippen LogP contribution in [0.3, 0.4) is 0 Å². The predicted octanol–water partition coefficient (Wildman–Crippen LogP) is 5.21. The summed E-state index contributed by atoms with van der Waals surface area (Å²) in [5, 5.41) is 4.16. The van der Waals surface area contributed by atoms with E-state index in [4.69, 9.17) is 11.6 Å². The summed E-state index contributed by atoms with van der Waals surface area (Å²) in [4.78, 5) is 0. The summed E-state index contributed by atoms with van der Waals surface area (Å²) >= 11 is 6.37. The summed E-state index contributed by atoms with van der Waals surface area (Å²) in [6, 6.07) is 12.7. The fourth-order valence-corrected chi connectivity index (χ4v) is 2.52. The van der Waals surface area contributed by atoms with Gasteiger partial charge in [0.1, 0.15) is 5.82 Å². The molecule has 0 saturated heterocycles. The SMILES string of the molecule is CCCNC(C)c1ccc(-c2ccc(F)cc2)cc1Cl. The van der Waals surface area contributed by atoms with E-state index in [0.717, 1.165) is 34.7 Å². The molecular formula is C17H19ClFN. The first-order valence-electron chi connectivity index (χ1n) is 6.90. The van der Waals surface area contributed by atoms with E-state index in [-0.39, 0.29) is 11.9 Å². The molecular weight excluding hydrogens is 273 g/mol. The minimum absolute atomic E-state index is 0.227. The molecule has 0 spiro atoms. The molecule has 0 aliphatic carbocycles. The molecule has 0 aliphatic rings. The van der Waals surface area contributed by atoms with E-state index in [1.165, 1.54) is 12.1 Å². The van der Waals surface area contributed by atoms with Gasteiger partial charge in [0, 0.05) is 11.1 Å². The monoisotopic (exact) mass is 291 g/mol. The summed E-state index contributed by atoms with van der Waals surface area (Å²) in [5.41, 5.74) is 3.06. The first-order chi connectivity index (χ1) is 9.61. The lowest BCUT2D eigenvalue weighted by atomic mass is 10.0. The zero-order valence-corrected chi connectivity index (χ0v) is 12.5. The van der Waals surface area contributed by atoms with Crippen molar-refractivity contribution in [2.75, 3.05) is 6.54 Å². The molecule has 0 heterocycles. The highest BCUT2D eigenvalue weighted by molar-refractivity contribution is 6.31. The van der Waals surface area contributed by atoms with E-state index in [1.807, 2.05) is 18.2 Å². The van der Waals surface area contributed by atoms with Gasteiger partial charge in [-0.25, -0.2) is 4.39 Å². The minimum atomic E-state index is -0.228. The highest BCUT2D eigenvalue weighted by atomic mass is 35.5.